The largest absolute Gasteiger partial charge is 0.489 e. The fraction of sp³-hybridized carbons (Fsp3) is 0.286. The highest BCUT2D eigenvalue weighted by Crippen LogP contribution is 2.18. The quantitative estimate of drug-likeness (QED) is 0.237. The molecule has 7 heteroatoms. The van der Waals surface area contributed by atoms with Crippen LogP contribution < -0.4 is 15.4 Å². The Morgan fingerprint density at radius 2 is 1.89 bits per heavy atom. The number of hydrogen-bond acceptors (Lipinski definition) is 3. The van der Waals surface area contributed by atoms with E-state index in [1.54, 1.807) is 32.4 Å². The smallest absolute Gasteiger partial charge is 0.191 e. The summed E-state index contributed by atoms with van der Waals surface area (Å²) in [5, 5.41) is 6.49. The van der Waals surface area contributed by atoms with Crippen LogP contribution in [0.1, 0.15) is 17.2 Å². The number of hydrogen-bond donors (Lipinski definition) is 2. The Balaban J connectivity index is 0.00000392. The number of nitrogens with one attached hydrogen (secondary N) is 2. The molecule has 0 bridgehead atoms. The van der Waals surface area contributed by atoms with Gasteiger partial charge in [-0.15, -0.1) is 24.0 Å². The van der Waals surface area contributed by atoms with Crippen molar-refractivity contribution in [2.45, 2.75) is 12.6 Å². The molecule has 0 aliphatic carbocycles. The van der Waals surface area contributed by atoms with Crippen LogP contribution in [0.15, 0.2) is 66.2 Å². The van der Waals surface area contributed by atoms with Gasteiger partial charge in [0.25, 0.3) is 0 Å². The van der Waals surface area contributed by atoms with E-state index >= 15 is 0 Å². The molecule has 152 valence electrons. The second-order valence-electron chi connectivity index (χ2n) is 5.79. The third-order valence-electron chi connectivity index (χ3n) is 3.98. The number of methoxy groups -OCH3 is 1. The minimum Gasteiger partial charge on any atom is -0.489 e. The molecular weight excluding hydrogens is 472 g/mol. The van der Waals surface area contributed by atoms with Gasteiger partial charge in [-0.3, -0.25) is 4.99 Å². The van der Waals surface area contributed by atoms with Gasteiger partial charge in [-0.05, 0) is 23.8 Å². The molecule has 0 aliphatic rings. The van der Waals surface area contributed by atoms with Crippen LogP contribution in [0.3, 0.4) is 0 Å². The molecule has 0 aliphatic heterocycles. The molecule has 0 aromatic heterocycles. The maximum atomic E-state index is 13.1. The van der Waals surface area contributed by atoms with E-state index in [1.165, 1.54) is 12.1 Å². The van der Waals surface area contributed by atoms with Gasteiger partial charge in [0, 0.05) is 32.8 Å². The predicted octanol–water partition coefficient (Wildman–Crippen LogP) is 4.06. The third-order valence-corrected chi connectivity index (χ3v) is 3.98. The first kappa shape index (κ1) is 23.9. The number of halogens is 2. The molecule has 2 aromatic rings. The Bertz CT molecular complexity index is 754. The molecule has 0 fully saturated rings. The van der Waals surface area contributed by atoms with Gasteiger partial charge in [-0.25, -0.2) is 4.39 Å². The van der Waals surface area contributed by atoms with Crippen molar-refractivity contribution in [1.82, 2.24) is 10.6 Å². The molecule has 2 rings (SSSR count). The zero-order valence-corrected chi connectivity index (χ0v) is 18.5. The third kappa shape index (κ3) is 7.47. The zero-order chi connectivity index (χ0) is 19.5. The lowest BCUT2D eigenvalue weighted by Crippen LogP contribution is -2.39. The predicted molar refractivity (Wildman–Crippen MR) is 122 cm³/mol. The van der Waals surface area contributed by atoms with Crippen molar-refractivity contribution in [3.63, 3.8) is 0 Å². The van der Waals surface area contributed by atoms with Crippen molar-refractivity contribution >= 4 is 29.9 Å². The van der Waals surface area contributed by atoms with Gasteiger partial charge >= 0.3 is 0 Å². The summed E-state index contributed by atoms with van der Waals surface area (Å²) in [5.74, 6) is 1.18. The summed E-state index contributed by atoms with van der Waals surface area (Å²) < 4.78 is 24.3. The number of aliphatic imine (C=N–C) groups is 1. The summed E-state index contributed by atoms with van der Waals surface area (Å²) in [6.07, 6.45) is 1.50. The molecule has 1 atom stereocenters. The number of nitrogens with zero attached hydrogens (tertiary/aromatic N) is 1. The van der Waals surface area contributed by atoms with Crippen molar-refractivity contribution < 1.29 is 13.9 Å². The minimum absolute atomic E-state index is 0. The van der Waals surface area contributed by atoms with Crippen molar-refractivity contribution in [2.75, 3.05) is 27.3 Å². The van der Waals surface area contributed by atoms with Gasteiger partial charge in [0.15, 0.2) is 5.96 Å². The van der Waals surface area contributed by atoms with E-state index in [-0.39, 0.29) is 35.9 Å². The highest BCUT2D eigenvalue weighted by molar-refractivity contribution is 14.0. The molecule has 0 heterocycles. The number of para-hydroxylation sites is 1. The standard InChI is InChI=1S/C21H26FN3O2.HI/c1-4-13-27-19-8-6-5-7-17(19)14-24-21(23-2)25-15-20(26-3)16-9-11-18(22)12-10-16;/h4-12,20H,1,13-15H2,2-3H3,(H2,23,24,25);1H. The molecule has 0 saturated carbocycles. The number of benzene rings is 2. The van der Waals surface area contributed by atoms with Gasteiger partial charge in [-0.1, -0.05) is 43.0 Å². The molecule has 0 amide bonds. The van der Waals surface area contributed by atoms with Crippen molar-refractivity contribution in [3.8, 4) is 5.75 Å². The number of ether oxygens (including phenoxy) is 2. The van der Waals surface area contributed by atoms with Crippen molar-refractivity contribution in [1.29, 1.82) is 0 Å². The molecule has 0 saturated heterocycles. The van der Waals surface area contributed by atoms with Gasteiger partial charge in [0.05, 0.1) is 6.10 Å². The van der Waals surface area contributed by atoms with E-state index in [4.69, 9.17) is 9.47 Å². The molecule has 0 spiro atoms. The Morgan fingerprint density at radius 1 is 1.18 bits per heavy atom. The van der Waals surface area contributed by atoms with Crippen molar-refractivity contribution in [3.05, 3.63) is 78.1 Å². The Hall–Kier alpha value is -2.13. The lowest BCUT2D eigenvalue weighted by molar-refractivity contribution is 0.106. The van der Waals surface area contributed by atoms with Gasteiger partial charge in [-0.2, -0.15) is 0 Å². The first-order chi connectivity index (χ1) is 13.2. The monoisotopic (exact) mass is 499 g/mol. The summed E-state index contributed by atoms with van der Waals surface area (Å²) in [5.41, 5.74) is 1.91. The maximum Gasteiger partial charge on any atom is 0.191 e. The maximum absolute atomic E-state index is 13.1. The van der Waals surface area contributed by atoms with Gasteiger partial charge < -0.3 is 20.1 Å². The zero-order valence-electron chi connectivity index (χ0n) is 16.2. The molecule has 28 heavy (non-hydrogen) atoms. The Morgan fingerprint density at radius 3 is 2.54 bits per heavy atom. The van der Waals surface area contributed by atoms with Crippen LogP contribution in [0.25, 0.3) is 0 Å². The van der Waals surface area contributed by atoms with Gasteiger partial charge in [0.1, 0.15) is 18.2 Å². The van der Waals surface area contributed by atoms with E-state index in [0.29, 0.717) is 25.7 Å². The topological polar surface area (TPSA) is 54.9 Å². The summed E-state index contributed by atoms with van der Waals surface area (Å²) in [7, 11) is 3.33. The lowest BCUT2D eigenvalue weighted by atomic mass is 10.1. The highest BCUT2D eigenvalue weighted by Gasteiger charge is 2.12. The fourth-order valence-corrected chi connectivity index (χ4v) is 2.54. The lowest BCUT2D eigenvalue weighted by Gasteiger charge is -2.19. The van der Waals surface area contributed by atoms with Crippen LogP contribution >= 0.6 is 24.0 Å². The van der Waals surface area contributed by atoms with Crippen LogP contribution in [0.5, 0.6) is 5.75 Å². The van der Waals surface area contributed by atoms with E-state index in [0.717, 1.165) is 16.9 Å². The molecular formula is C21H27FIN3O2. The second-order valence-corrected chi connectivity index (χ2v) is 5.79. The fourth-order valence-electron chi connectivity index (χ4n) is 2.54. The van der Waals surface area contributed by atoms with E-state index in [2.05, 4.69) is 22.2 Å². The average molecular weight is 499 g/mol. The molecule has 2 N–H and O–H groups in total. The van der Waals surface area contributed by atoms with Crippen LogP contribution in [-0.4, -0.2) is 33.3 Å². The summed E-state index contributed by atoms with van der Waals surface area (Å²) in [6, 6.07) is 14.1. The summed E-state index contributed by atoms with van der Waals surface area (Å²) in [6.45, 7) is 5.18. The number of guanidine groups is 1. The Kier molecular flexibility index (Phi) is 11.2. The molecule has 0 radical (unpaired) electrons. The van der Waals surface area contributed by atoms with E-state index < -0.39 is 0 Å². The van der Waals surface area contributed by atoms with Crippen molar-refractivity contribution in [2.24, 2.45) is 4.99 Å². The molecule has 1 unspecified atom stereocenters. The Labute approximate surface area is 183 Å². The molecule has 2 aromatic carbocycles. The first-order valence-corrected chi connectivity index (χ1v) is 8.72. The van der Waals surface area contributed by atoms with Gasteiger partial charge in [0.2, 0.25) is 0 Å². The normalized spacial score (nSPS) is 11.9. The van der Waals surface area contributed by atoms with Crippen LogP contribution in [0.4, 0.5) is 4.39 Å². The summed E-state index contributed by atoms with van der Waals surface area (Å²) in [4.78, 5) is 4.23. The summed E-state index contributed by atoms with van der Waals surface area (Å²) >= 11 is 0. The highest BCUT2D eigenvalue weighted by atomic mass is 127. The first-order valence-electron chi connectivity index (χ1n) is 8.72. The van der Waals surface area contributed by atoms with Crippen LogP contribution in [-0.2, 0) is 11.3 Å². The van der Waals surface area contributed by atoms with Crippen LogP contribution in [0.2, 0.25) is 0 Å². The number of rotatable bonds is 9. The minimum atomic E-state index is -0.267. The average Bonchev–Trinajstić information content (AvgIpc) is 2.70. The van der Waals surface area contributed by atoms with E-state index in [9.17, 15) is 4.39 Å². The van der Waals surface area contributed by atoms with Crippen LogP contribution in [0, 0.1) is 5.82 Å². The molecule has 5 nitrogen and oxygen atoms in total. The van der Waals surface area contributed by atoms with E-state index in [1.807, 2.05) is 24.3 Å². The SMILES string of the molecule is C=CCOc1ccccc1CNC(=NC)NCC(OC)c1ccc(F)cc1.I. The second kappa shape index (κ2) is 13.1.